The fraction of sp³-hybridized carbons (Fsp3) is 0.731. The van der Waals surface area contributed by atoms with Gasteiger partial charge in [-0.2, -0.15) is 0 Å². The minimum Gasteiger partial charge on any atom is -0.393 e. The van der Waals surface area contributed by atoms with Crippen LogP contribution in [0.4, 0.5) is 0 Å². The van der Waals surface area contributed by atoms with Crippen molar-refractivity contribution in [1.82, 2.24) is 10.6 Å². The van der Waals surface area contributed by atoms with Crippen LogP contribution in [0.1, 0.15) is 165 Å². The van der Waals surface area contributed by atoms with Crippen molar-refractivity contribution in [1.29, 1.82) is 0 Å². The first kappa shape index (κ1) is 45.4. The number of unbranched alkanes of at least 4 members (excludes halogenated alkanes) is 1. The highest BCUT2D eigenvalue weighted by molar-refractivity contribution is 5.84. The minimum atomic E-state index is -0.371. The monoisotopic (exact) mass is 783 g/mol. The van der Waals surface area contributed by atoms with Crippen LogP contribution in [0.25, 0.3) is 0 Å². The van der Waals surface area contributed by atoms with E-state index in [0.29, 0.717) is 43.2 Å². The average Bonchev–Trinajstić information content (AvgIpc) is 3.17. The van der Waals surface area contributed by atoms with Gasteiger partial charge in [-0.15, -0.1) is 0 Å². The first-order valence-electron chi connectivity index (χ1n) is 23.4. The van der Waals surface area contributed by atoms with Crippen molar-refractivity contribution in [2.75, 3.05) is 13.1 Å². The molecule has 0 bridgehead atoms. The summed E-state index contributed by atoms with van der Waals surface area (Å²) >= 11 is 0. The van der Waals surface area contributed by atoms with E-state index in [1.54, 1.807) is 5.57 Å². The van der Waals surface area contributed by atoms with E-state index in [9.17, 15) is 14.7 Å². The van der Waals surface area contributed by atoms with Gasteiger partial charge in [0, 0.05) is 19.5 Å². The third kappa shape index (κ3) is 9.39. The number of rotatable bonds is 17. The summed E-state index contributed by atoms with van der Waals surface area (Å²) in [5, 5.41) is 17.5. The van der Waals surface area contributed by atoms with E-state index >= 15 is 0 Å². The Labute approximate surface area is 348 Å². The number of aliphatic hydroxyl groups is 1. The summed E-state index contributed by atoms with van der Waals surface area (Å²) in [5.74, 6) is 2.72. The molecule has 5 heteroatoms. The van der Waals surface area contributed by atoms with Gasteiger partial charge in [-0.05, 0) is 154 Å². The summed E-state index contributed by atoms with van der Waals surface area (Å²) in [4.78, 5) is 27.1. The summed E-state index contributed by atoms with van der Waals surface area (Å²) in [6, 6.07) is 0. The molecule has 0 heterocycles. The molecule has 10 atom stereocenters. The van der Waals surface area contributed by atoms with Gasteiger partial charge in [-0.3, -0.25) is 9.59 Å². The van der Waals surface area contributed by atoms with Crippen LogP contribution in [0.3, 0.4) is 0 Å². The Kier molecular flexibility index (Phi) is 15.6. The molecular weight excluding hydrogens is 701 g/mol. The molecular formula is C52H82N2O3. The molecule has 4 saturated carbocycles. The number of fused-ring (bicyclic) bond motifs is 7. The highest BCUT2D eigenvalue weighted by Crippen LogP contribution is 2.75. The van der Waals surface area contributed by atoms with Crippen molar-refractivity contribution in [3.63, 3.8) is 0 Å². The normalized spacial score (nSPS) is 37.6. The molecule has 5 rings (SSSR count). The molecule has 2 amide bonds. The Balaban J connectivity index is 1.08. The van der Waals surface area contributed by atoms with E-state index in [2.05, 4.69) is 133 Å². The Morgan fingerprint density at radius 1 is 0.737 bits per heavy atom. The van der Waals surface area contributed by atoms with E-state index in [0.717, 1.165) is 89.9 Å². The van der Waals surface area contributed by atoms with Crippen LogP contribution in [0.5, 0.6) is 0 Å². The number of carbonyl (C=O) groups is 2. The van der Waals surface area contributed by atoms with E-state index in [4.69, 9.17) is 0 Å². The molecule has 5 aliphatic carbocycles. The van der Waals surface area contributed by atoms with E-state index in [-0.39, 0.29) is 50.9 Å². The number of hydrogen-bond acceptors (Lipinski definition) is 3. The first-order valence-corrected chi connectivity index (χ1v) is 23.4. The lowest BCUT2D eigenvalue weighted by Crippen LogP contribution is -2.66. The molecule has 5 nitrogen and oxygen atoms in total. The molecule has 0 aromatic heterocycles. The van der Waals surface area contributed by atoms with Gasteiger partial charge < -0.3 is 15.7 Å². The zero-order valence-corrected chi connectivity index (χ0v) is 37.5. The van der Waals surface area contributed by atoms with Crippen molar-refractivity contribution in [3.05, 3.63) is 72.4 Å². The van der Waals surface area contributed by atoms with Crippen molar-refractivity contribution >= 4 is 11.8 Å². The highest BCUT2D eigenvalue weighted by Gasteiger charge is 2.69. The molecule has 0 aliphatic heterocycles. The van der Waals surface area contributed by atoms with Crippen LogP contribution in [-0.4, -0.2) is 36.1 Å². The lowest BCUT2D eigenvalue weighted by atomic mass is 9.33. The van der Waals surface area contributed by atoms with Gasteiger partial charge in [0.05, 0.1) is 11.5 Å². The maximum absolute atomic E-state index is 14.5. The Morgan fingerprint density at radius 3 is 2.00 bits per heavy atom. The van der Waals surface area contributed by atoms with Gasteiger partial charge in [0.25, 0.3) is 0 Å². The SMILES string of the molecule is CCC=CCC=CCC=CCC=CCC=CCCCC(=O)NCCNC(=O)C12CCC(C)C(C)C1C1=CCC3C4(C)CCC(O)C(C)(C)C4CCC3(C)C1(C)CC2. The maximum Gasteiger partial charge on any atom is 0.226 e. The largest absolute Gasteiger partial charge is 0.393 e. The zero-order valence-electron chi connectivity index (χ0n) is 37.5. The molecule has 5 aliphatic rings. The van der Waals surface area contributed by atoms with Crippen LogP contribution in [0, 0.1) is 56.7 Å². The maximum atomic E-state index is 14.5. The van der Waals surface area contributed by atoms with Gasteiger partial charge in [0.15, 0.2) is 0 Å². The van der Waals surface area contributed by atoms with Gasteiger partial charge >= 0.3 is 0 Å². The molecule has 3 N–H and O–H groups in total. The highest BCUT2D eigenvalue weighted by atomic mass is 16.3. The number of carbonyl (C=O) groups excluding carboxylic acids is 2. The molecule has 0 aromatic rings. The summed E-state index contributed by atoms with van der Waals surface area (Å²) in [6.07, 6.45) is 41.3. The predicted octanol–water partition coefficient (Wildman–Crippen LogP) is 12.2. The third-order valence-corrected chi connectivity index (χ3v) is 17.1. The second kappa shape index (κ2) is 19.6. The Hall–Kier alpha value is -2.66. The van der Waals surface area contributed by atoms with Crippen LogP contribution < -0.4 is 10.6 Å². The van der Waals surface area contributed by atoms with Crippen molar-refractivity contribution in [2.45, 2.75) is 171 Å². The number of aliphatic hydroxyl groups excluding tert-OH is 1. The lowest BCUT2D eigenvalue weighted by molar-refractivity contribution is -0.204. The third-order valence-electron chi connectivity index (χ3n) is 17.1. The van der Waals surface area contributed by atoms with Crippen molar-refractivity contribution in [2.24, 2.45) is 56.7 Å². The second-order valence-corrected chi connectivity index (χ2v) is 20.4. The molecule has 0 radical (unpaired) electrons. The number of allylic oxidation sites excluding steroid dienone is 12. The number of hydrogen-bond donors (Lipinski definition) is 3. The van der Waals surface area contributed by atoms with Crippen molar-refractivity contribution < 1.29 is 14.7 Å². The first-order chi connectivity index (χ1) is 27.2. The van der Waals surface area contributed by atoms with E-state index < -0.39 is 0 Å². The topological polar surface area (TPSA) is 78.4 Å². The molecule has 0 saturated heterocycles. The Morgan fingerprint density at radius 2 is 1.35 bits per heavy atom. The van der Waals surface area contributed by atoms with Gasteiger partial charge in [0.1, 0.15) is 0 Å². The summed E-state index contributed by atoms with van der Waals surface area (Å²) in [6.45, 7) is 20.4. The van der Waals surface area contributed by atoms with Gasteiger partial charge in [-0.25, -0.2) is 0 Å². The minimum absolute atomic E-state index is 0.0529. The molecule has 4 fully saturated rings. The molecule has 318 valence electrons. The van der Waals surface area contributed by atoms with Gasteiger partial charge in [0.2, 0.25) is 11.8 Å². The fourth-order valence-corrected chi connectivity index (χ4v) is 13.3. The second-order valence-electron chi connectivity index (χ2n) is 20.4. The molecule has 10 unspecified atom stereocenters. The quantitative estimate of drug-likeness (QED) is 0.102. The summed E-state index contributed by atoms with van der Waals surface area (Å²) < 4.78 is 0. The van der Waals surface area contributed by atoms with Crippen LogP contribution in [-0.2, 0) is 9.59 Å². The van der Waals surface area contributed by atoms with E-state index in [1.165, 1.54) is 12.8 Å². The van der Waals surface area contributed by atoms with Crippen molar-refractivity contribution in [3.8, 4) is 0 Å². The Bertz CT molecular complexity index is 1550. The molecule has 0 aromatic carbocycles. The molecule has 0 spiro atoms. The fourth-order valence-electron chi connectivity index (χ4n) is 13.3. The standard InChI is InChI=1S/C52H82N2O3/c1-9-10-11-12-13-14-15-16-17-18-19-20-21-22-23-24-25-26-45(56)53-37-38-54-47(57)52-34-29-39(2)40(3)46(52)41-27-28-43-49(6)32-31-44(55)48(4,5)42(49)30-33-51(43,8)50(41,7)35-36-52/h10-11,13-14,16-17,19-20,22-23,27,39-40,42-44,46,55H,9,12,15,18,21,24-26,28-38H2,1-8H3,(H,53,56)(H,54,57). The van der Waals surface area contributed by atoms with E-state index in [1.807, 2.05) is 0 Å². The smallest absolute Gasteiger partial charge is 0.226 e. The zero-order chi connectivity index (χ0) is 41.3. The van der Waals surface area contributed by atoms with Gasteiger partial charge in [-0.1, -0.05) is 128 Å². The number of amides is 2. The van der Waals surface area contributed by atoms with Crippen LogP contribution >= 0.6 is 0 Å². The summed E-state index contributed by atoms with van der Waals surface area (Å²) in [5.41, 5.74) is 1.65. The predicted molar refractivity (Wildman–Crippen MR) is 239 cm³/mol. The lowest BCUT2D eigenvalue weighted by Gasteiger charge is -2.71. The van der Waals surface area contributed by atoms with Crippen LogP contribution in [0.2, 0.25) is 0 Å². The number of nitrogens with one attached hydrogen (secondary N) is 2. The average molecular weight is 783 g/mol. The van der Waals surface area contributed by atoms with Crippen LogP contribution in [0.15, 0.2) is 72.4 Å². The summed E-state index contributed by atoms with van der Waals surface area (Å²) in [7, 11) is 0. The molecule has 57 heavy (non-hydrogen) atoms.